The van der Waals surface area contributed by atoms with Crippen molar-refractivity contribution >= 4 is 33.8 Å². The summed E-state index contributed by atoms with van der Waals surface area (Å²) in [5, 5.41) is 10.7. The number of hydrogen-bond donors (Lipinski definition) is 3. The van der Waals surface area contributed by atoms with Gasteiger partial charge in [0.05, 0.1) is 29.6 Å². The van der Waals surface area contributed by atoms with Gasteiger partial charge in [-0.05, 0) is 30.2 Å². The van der Waals surface area contributed by atoms with Gasteiger partial charge in [-0.3, -0.25) is 10.1 Å². The third-order valence-corrected chi connectivity index (χ3v) is 4.95. The highest BCUT2D eigenvalue weighted by Crippen LogP contribution is 2.28. The lowest BCUT2D eigenvalue weighted by atomic mass is 10.1. The van der Waals surface area contributed by atoms with Crippen molar-refractivity contribution in [3.8, 4) is 0 Å². The lowest BCUT2D eigenvalue weighted by Gasteiger charge is -2.12. The van der Waals surface area contributed by atoms with E-state index in [0.29, 0.717) is 11.6 Å². The normalized spacial score (nSPS) is 14.1. The maximum atomic E-state index is 6.25. The fraction of sp³-hybridized carbons (Fsp3) is 0.158. The highest BCUT2D eigenvalue weighted by molar-refractivity contribution is 6.31. The number of aryl methyl sites for hydroxylation is 1. The fourth-order valence-corrected chi connectivity index (χ4v) is 3.58. The van der Waals surface area contributed by atoms with Crippen molar-refractivity contribution < 1.29 is 0 Å². The van der Waals surface area contributed by atoms with Gasteiger partial charge in [0.15, 0.2) is 0 Å². The highest BCUT2D eigenvalue weighted by Gasteiger charge is 2.17. The Hall–Kier alpha value is -3.03. The van der Waals surface area contributed by atoms with Crippen molar-refractivity contribution in [1.82, 2.24) is 35.6 Å². The molecule has 0 bridgehead atoms. The standard InChI is InChI=1S/C19H18ClN7/c1-2-12-3-4-19-22-14(9-26(19)8-12)10-27-11-18(24-25-27)15-5-13(20)6-17-16(15)7-21-23-17/h3-9,11,24-25H,2,10H2,1H3,(H,21,23). The van der Waals surface area contributed by atoms with Crippen LogP contribution in [0.2, 0.25) is 5.02 Å². The SMILES string of the molecule is CCc1ccc2nc(CN3C=C(c4cc(Cl)cc5[nH]ncc45)NN3)cn2c1. The van der Waals surface area contributed by atoms with Gasteiger partial charge in [0.1, 0.15) is 5.65 Å². The van der Waals surface area contributed by atoms with Crippen LogP contribution in [0.1, 0.15) is 23.7 Å². The third-order valence-electron chi connectivity index (χ3n) is 4.74. The number of pyridine rings is 1. The molecule has 1 aliphatic rings. The summed E-state index contributed by atoms with van der Waals surface area (Å²) in [7, 11) is 0. The molecule has 0 atom stereocenters. The van der Waals surface area contributed by atoms with Crippen LogP contribution >= 0.6 is 11.6 Å². The maximum Gasteiger partial charge on any atom is 0.137 e. The Morgan fingerprint density at radius 2 is 2.11 bits per heavy atom. The number of rotatable bonds is 4. The first kappa shape index (κ1) is 16.2. The second kappa shape index (κ2) is 6.29. The zero-order valence-electron chi connectivity index (χ0n) is 14.7. The first-order chi connectivity index (χ1) is 13.2. The largest absolute Gasteiger partial charge is 0.306 e. The number of aromatic amines is 1. The van der Waals surface area contributed by atoms with Crippen molar-refractivity contribution in [2.75, 3.05) is 0 Å². The van der Waals surface area contributed by atoms with E-state index in [1.807, 2.05) is 23.3 Å². The van der Waals surface area contributed by atoms with Crippen LogP contribution in [0.5, 0.6) is 0 Å². The molecule has 1 aromatic carbocycles. The molecule has 8 heteroatoms. The van der Waals surface area contributed by atoms with Crippen LogP contribution in [0.25, 0.3) is 22.2 Å². The van der Waals surface area contributed by atoms with Gasteiger partial charge in [0, 0.05) is 34.6 Å². The summed E-state index contributed by atoms with van der Waals surface area (Å²) in [4.78, 5) is 4.69. The number of nitrogens with one attached hydrogen (secondary N) is 3. The van der Waals surface area contributed by atoms with E-state index in [1.54, 1.807) is 6.20 Å². The lowest BCUT2D eigenvalue weighted by Crippen LogP contribution is -2.35. The van der Waals surface area contributed by atoms with Gasteiger partial charge in [-0.15, -0.1) is 5.53 Å². The van der Waals surface area contributed by atoms with Crippen molar-refractivity contribution in [3.63, 3.8) is 0 Å². The van der Waals surface area contributed by atoms with Crippen LogP contribution in [-0.4, -0.2) is 24.6 Å². The highest BCUT2D eigenvalue weighted by atomic mass is 35.5. The topological polar surface area (TPSA) is 73.3 Å². The molecule has 0 amide bonds. The lowest BCUT2D eigenvalue weighted by molar-refractivity contribution is 0.262. The van der Waals surface area contributed by atoms with Gasteiger partial charge < -0.3 is 9.83 Å². The Balaban J connectivity index is 1.42. The van der Waals surface area contributed by atoms with E-state index in [1.165, 1.54) is 5.56 Å². The number of aromatic nitrogens is 4. The predicted octanol–water partition coefficient (Wildman–Crippen LogP) is 3.25. The van der Waals surface area contributed by atoms with Crippen molar-refractivity contribution in [2.45, 2.75) is 19.9 Å². The molecule has 3 N–H and O–H groups in total. The number of fused-ring (bicyclic) bond motifs is 2. The molecule has 0 radical (unpaired) electrons. The number of nitrogens with zero attached hydrogens (tertiary/aromatic N) is 4. The van der Waals surface area contributed by atoms with Crippen molar-refractivity contribution in [3.05, 3.63) is 70.9 Å². The molecule has 7 nitrogen and oxygen atoms in total. The molecule has 0 unspecified atom stereocenters. The molecule has 0 fully saturated rings. The molecule has 0 saturated heterocycles. The summed E-state index contributed by atoms with van der Waals surface area (Å²) in [6, 6.07) is 7.98. The molecule has 5 rings (SSSR count). The molecule has 3 aromatic heterocycles. The molecule has 136 valence electrons. The minimum atomic E-state index is 0.634. The Morgan fingerprint density at radius 3 is 3.00 bits per heavy atom. The molecule has 0 spiro atoms. The van der Waals surface area contributed by atoms with Gasteiger partial charge >= 0.3 is 0 Å². The van der Waals surface area contributed by atoms with Crippen LogP contribution in [-0.2, 0) is 13.0 Å². The van der Waals surface area contributed by atoms with Crippen molar-refractivity contribution in [1.29, 1.82) is 0 Å². The molecule has 4 aromatic rings. The van der Waals surface area contributed by atoms with E-state index in [2.05, 4.69) is 57.0 Å². The first-order valence-electron chi connectivity index (χ1n) is 8.79. The zero-order valence-corrected chi connectivity index (χ0v) is 15.5. The van der Waals surface area contributed by atoms with Crippen LogP contribution in [0.15, 0.2) is 49.1 Å². The Kier molecular flexibility index (Phi) is 3.77. The van der Waals surface area contributed by atoms with E-state index < -0.39 is 0 Å². The summed E-state index contributed by atoms with van der Waals surface area (Å²) in [5.74, 6) is 0. The second-order valence-electron chi connectivity index (χ2n) is 6.58. The van der Waals surface area contributed by atoms with E-state index in [-0.39, 0.29) is 0 Å². The van der Waals surface area contributed by atoms with E-state index >= 15 is 0 Å². The number of H-pyrrole nitrogens is 1. The van der Waals surface area contributed by atoms with Gasteiger partial charge in [0.2, 0.25) is 0 Å². The number of hydrazine groups is 2. The summed E-state index contributed by atoms with van der Waals surface area (Å²) >= 11 is 6.25. The zero-order chi connectivity index (χ0) is 18.4. The molecule has 0 aliphatic carbocycles. The molecule has 1 aliphatic heterocycles. The van der Waals surface area contributed by atoms with Crippen LogP contribution in [0, 0.1) is 0 Å². The van der Waals surface area contributed by atoms with Crippen LogP contribution in [0.3, 0.4) is 0 Å². The summed E-state index contributed by atoms with van der Waals surface area (Å²) in [6.07, 6.45) is 9.02. The Labute approximate surface area is 160 Å². The maximum absolute atomic E-state index is 6.25. The quantitative estimate of drug-likeness (QED) is 0.507. The average Bonchev–Trinajstić information content (AvgIpc) is 3.39. The molecule has 4 heterocycles. The summed E-state index contributed by atoms with van der Waals surface area (Å²) in [5.41, 5.74) is 12.4. The van der Waals surface area contributed by atoms with Gasteiger partial charge in [0.25, 0.3) is 0 Å². The monoisotopic (exact) mass is 379 g/mol. The summed E-state index contributed by atoms with van der Waals surface area (Å²) in [6.45, 7) is 2.78. The van der Waals surface area contributed by atoms with Crippen LogP contribution in [0.4, 0.5) is 0 Å². The third kappa shape index (κ3) is 2.90. The van der Waals surface area contributed by atoms with Crippen molar-refractivity contribution in [2.24, 2.45) is 0 Å². The minimum absolute atomic E-state index is 0.634. The van der Waals surface area contributed by atoms with Gasteiger partial charge in [-0.1, -0.05) is 24.6 Å². The van der Waals surface area contributed by atoms with E-state index in [0.717, 1.165) is 39.9 Å². The average molecular weight is 380 g/mol. The number of hydrogen-bond acceptors (Lipinski definition) is 5. The number of halogens is 1. The van der Waals surface area contributed by atoms with Crippen LogP contribution < -0.4 is 11.0 Å². The minimum Gasteiger partial charge on any atom is -0.306 e. The second-order valence-corrected chi connectivity index (χ2v) is 7.02. The molecular weight excluding hydrogens is 362 g/mol. The molecule has 0 saturated carbocycles. The number of imidazole rings is 1. The van der Waals surface area contributed by atoms with Gasteiger partial charge in [-0.2, -0.15) is 5.10 Å². The first-order valence-corrected chi connectivity index (χ1v) is 9.17. The van der Waals surface area contributed by atoms with Gasteiger partial charge in [-0.25, -0.2) is 4.98 Å². The Bertz CT molecular complexity index is 1170. The van der Waals surface area contributed by atoms with E-state index in [4.69, 9.17) is 16.6 Å². The Morgan fingerprint density at radius 1 is 1.19 bits per heavy atom. The predicted molar refractivity (Wildman–Crippen MR) is 105 cm³/mol. The molecule has 27 heavy (non-hydrogen) atoms. The fourth-order valence-electron chi connectivity index (χ4n) is 3.36. The number of benzene rings is 1. The molecular formula is C19H18ClN7. The summed E-state index contributed by atoms with van der Waals surface area (Å²) < 4.78 is 2.08. The van der Waals surface area contributed by atoms with E-state index in [9.17, 15) is 0 Å². The smallest absolute Gasteiger partial charge is 0.137 e.